The van der Waals surface area contributed by atoms with Crippen LogP contribution in [0.25, 0.3) is 0 Å². The second-order valence-corrected chi connectivity index (χ2v) is 7.86. The third-order valence-corrected chi connectivity index (χ3v) is 5.95. The molecule has 1 saturated heterocycles. The number of anilines is 1. The second kappa shape index (κ2) is 8.66. The number of carboxylic acids is 1. The maximum absolute atomic E-state index is 12.6. The molecule has 2 N–H and O–H groups in total. The number of para-hydroxylation sites is 1. The molecule has 29 heavy (non-hydrogen) atoms. The molecule has 0 aromatic heterocycles. The highest BCUT2D eigenvalue weighted by molar-refractivity contribution is 5.92. The number of benzene rings is 2. The first-order valence-electron chi connectivity index (χ1n) is 10.2. The van der Waals surface area contributed by atoms with E-state index in [-0.39, 0.29) is 18.5 Å². The van der Waals surface area contributed by atoms with Crippen molar-refractivity contribution in [3.8, 4) is 11.5 Å². The molecule has 2 aliphatic rings. The molecule has 2 aromatic rings. The van der Waals surface area contributed by atoms with Crippen LogP contribution in [0.4, 0.5) is 5.69 Å². The third kappa shape index (κ3) is 4.59. The summed E-state index contributed by atoms with van der Waals surface area (Å²) in [6.07, 6.45) is 4.96. The number of amides is 1. The van der Waals surface area contributed by atoms with Gasteiger partial charge in [0.25, 0.3) is 0 Å². The van der Waals surface area contributed by atoms with Crippen molar-refractivity contribution in [2.24, 2.45) is 5.92 Å². The molecule has 2 aromatic carbocycles. The summed E-state index contributed by atoms with van der Waals surface area (Å²) in [5.41, 5.74) is 0.668. The Kier molecular flexibility index (Phi) is 5.81. The predicted molar refractivity (Wildman–Crippen MR) is 110 cm³/mol. The minimum atomic E-state index is -0.824. The zero-order valence-electron chi connectivity index (χ0n) is 16.3. The standard InChI is InChI=1S/C23H26N2O4/c26-22(15-25-20-9-5-4-6-16(20)14-21(25)23(27)28)24-17-10-12-19(13-11-17)29-18-7-2-1-3-8-18/h1-3,7-8,10-13,16,20-21H,4-6,9,14-15H2,(H,24,26)(H,27,28). The van der Waals surface area contributed by atoms with Crippen molar-refractivity contribution >= 4 is 17.6 Å². The van der Waals surface area contributed by atoms with Crippen molar-refractivity contribution < 1.29 is 19.4 Å². The number of carbonyl (C=O) groups is 2. The van der Waals surface area contributed by atoms with Crippen molar-refractivity contribution in [2.75, 3.05) is 11.9 Å². The summed E-state index contributed by atoms with van der Waals surface area (Å²) in [4.78, 5) is 26.2. The van der Waals surface area contributed by atoms with Gasteiger partial charge in [-0.25, -0.2) is 0 Å². The molecular formula is C23H26N2O4. The lowest BCUT2D eigenvalue weighted by atomic mass is 9.85. The van der Waals surface area contributed by atoms with Crippen LogP contribution in [0.1, 0.15) is 32.1 Å². The summed E-state index contributed by atoms with van der Waals surface area (Å²) in [6.45, 7) is 0.112. The molecule has 0 bridgehead atoms. The number of nitrogens with zero attached hydrogens (tertiary/aromatic N) is 1. The fraction of sp³-hybridized carbons (Fsp3) is 0.391. The van der Waals surface area contributed by atoms with Crippen LogP contribution in [-0.2, 0) is 9.59 Å². The van der Waals surface area contributed by atoms with Gasteiger partial charge in [0.2, 0.25) is 5.91 Å². The Labute approximate surface area is 170 Å². The van der Waals surface area contributed by atoms with Crippen molar-refractivity contribution in [2.45, 2.75) is 44.2 Å². The minimum absolute atomic E-state index is 0.112. The molecule has 3 unspecified atom stereocenters. The van der Waals surface area contributed by atoms with Crippen LogP contribution in [0.15, 0.2) is 54.6 Å². The maximum Gasteiger partial charge on any atom is 0.320 e. The number of ether oxygens (including phenoxy) is 1. The van der Waals surface area contributed by atoms with Crippen LogP contribution in [-0.4, -0.2) is 40.5 Å². The molecule has 4 rings (SSSR count). The van der Waals surface area contributed by atoms with Crippen LogP contribution < -0.4 is 10.1 Å². The fourth-order valence-electron chi connectivity index (χ4n) is 4.62. The van der Waals surface area contributed by atoms with Gasteiger partial charge in [-0.05, 0) is 61.6 Å². The first kappa shape index (κ1) is 19.5. The summed E-state index contributed by atoms with van der Waals surface area (Å²) in [5.74, 6) is 0.825. The molecule has 1 heterocycles. The highest BCUT2D eigenvalue weighted by atomic mass is 16.5. The number of hydrogen-bond acceptors (Lipinski definition) is 4. The average molecular weight is 394 g/mol. The molecule has 152 valence electrons. The Morgan fingerprint density at radius 1 is 1.00 bits per heavy atom. The predicted octanol–water partition coefficient (Wildman–Crippen LogP) is 4.14. The van der Waals surface area contributed by atoms with Crippen LogP contribution in [0, 0.1) is 5.92 Å². The zero-order chi connectivity index (χ0) is 20.2. The van der Waals surface area contributed by atoms with Crippen LogP contribution in [0.5, 0.6) is 11.5 Å². The summed E-state index contributed by atoms with van der Waals surface area (Å²) >= 11 is 0. The summed E-state index contributed by atoms with van der Waals surface area (Å²) in [6, 6.07) is 16.3. The molecule has 6 nitrogen and oxygen atoms in total. The highest BCUT2D eigenvalue weighted by Crippen LogP contribution is 2.39. The molecule has 6 heteroatoms. The van der Waals surface area contributed by atoms with E-state index in [1.54, 1.807) is 24.3 Å². The van der Waals surface area contributed by atoms with Gasteiger partial charge in [0.05, 0.1) is 6.54 Å². The molecule has 1 aliphatic heterocycles. The van der Waals surface area contributed by atoms with Gasteiger partial charge in [-0.3, -0.25) is 14.5 Å². The lowest BCUT2D eigenvalue weighted by Gasteiger charge is -2.32. The number of carboxylic acid groups (broad SMARTS) is 1. The summed E-state index contributed by atoms with van der Waals surface area (Å²) in [5, 5.41) is 12.5. The Bertz CT molecular complexity index is 853. The van der Waals surface area contributed by atoms with Gasteiger partial charge < -0.3 is 15.2 Å². The second-order valence-electron chi connectivity index (χ2n) is 7.86. The first-order valence-corrected chi connectivity index (χ1v) is 10.2. The van der Waals surface area contributed by atoms with Crippen LogP contribution in [0.2, 0.25) is 0 Å². The van der Waals surface area contributed by atoms with E-state index >= 15 is 0 Å². The number of rotatable bonds is 6. The monoisotopic (exact) mass is 394 g/mol. The van der Waals surface area contributed by atoms with E-state index in [9.17, 15) is 14.7 Å². The van der Waals surface area contributed by atoms with E-state index < -0.39 is 12.0 Å². The molecule has 0 spiro atoms. The Morgan fingerprint density at radius 2 is 1.69 bits per heavy atom. The number of likely N-dealkylation sites (tertiary alicyclic amines) is 1. The van der Waals surface area contributed by atoms with Crippen molar-refractivity contribution in [1.29, 1.82) is 0 Å². The van der Waals surface area contributed by atoms with E-state index in [4.69, 9.17) is 4.74 Å². The van der Waals surface area contributed by atoms with Crippen molar-refractivity contribution in [3.05, 3.63) is 54.6 Å². The largest absolute Gasteiger partial charge is 0.480 e. The molecular weight excluding hydrogens is 368 g/mol. The normalized spacial score (nSPS) is 23.9. The Balaban J connectivity index is 1.36. The lowest BCUT2D eigenvalue weighted by molar-refractivity contribution is -0.143. The van der Waals surface area contributed by atoms with Crippen molar-refractivity contribution in [3.63, 3.8) is 0 Å². The fourth-order valence-corrected chi connectivity index (χ4v) is 4.62. The maximum atomic E-state index is 12.6. The Morgan fingerprint density at radius 3 is 2.41 bits per heavy atom. The first-order chi connectivity index (χ1) is 14.1. The van der Waals surface area contributed by atoms with Gasteiger partial charge >= 0.3 is 5.97 Å². The van der Waals surface area contributed by atoms with E-state index in [0.29, 0.717) is 23.8 Å². The van der Waals surface area contributed by atoms with Crippen molar-refractivity contribution in [1.82, 2.24) is 4.90 Å². The average Bonchev–Trinajstić information content (AvgIpc) is 3.09. The van der Waals surface area contributed by atoms with Gasteiger partial charge in [-0.2, -0.15) is 0 Å². The number of carbonyl (C=O) groups excluding carboxylic acids is 1. The van der Waals surface area contributed by atoms with Crippen LogP contribution >= 0.6 is 0 Å². The van der Waals surface area contributed by atoms with E-state index in [1.807, 2.05) is 35.2 Å². The molecule has 1 saturated carbocycles. The topological polar surface area (TPSA) is 78.9 Å². The van der Waals surface area contributed by atoms with Gasteiger partial charge in [-0.1, -0.05) is 31.0 Å². The molecule has 1 aliphatic carbocycles. The van der Waals surface area contributed by atoms with E-state index in [0.717, 1.165) is 31.4 Å². The van der Waals surface area contributed by atoms with Gasteiger partial charge in [-0.15, -0.1) is 0 Å². The van der Waals surface area contributed by atoms with Gasteiger partial charge in [0, 0.05) is 11.7 Å². The SMILES string of the molecule is O=C(CN1C(C(=O)O)CC2CCCCC21)Nc1ccc(Oc2ccccc2)cc1. The third-order valence-electron chi connectivity index (χ3n) is 5.95. The Hall–Kier alpha value is -2.86. The number of nitrogens with one attached hydrogen (secondary N) is 1. The molecule has 2 fully saturated rings. The summed E-state index contributed by atoms with van der Waals surface area (Å²) < 4.78 is 5.76. The zero-order valence-corrected chi connectivity index (χ0v) is 16.3. The molecule has 1 amide bonds. The molecule has 3 atom stereocenters. The highest BCUT2D eigenvalue weighted by Gasteiger charge is 2.45. The number of hydrogen-bond donors (Lipinski definition) is 2. The smallest absolute Gasteiger partial charge is 0.320 e. The summed E-state index contributed by atoms with van der Waals surface area (Å²) in [7, 11) is 0. The quantitative estimate of drug-likeness (QED) is 0.770. The van der Waals surface area contributed by atoms with Gasteiger partial charge in [0.1, 0.15) is 17.5 Å². The lowest BCUT2D eigenvalue weighted by Crippen LogP contribution is -2.46. The van der Waals surface area contributed by atoms with E-state index in [1.165, 1.54) is 0 Å². The number of aliphatic carboxylic acids is 1. The number of fused-ring (bicyclic) bond motifs is 1. The molecule has 0 radical (unpaired) electrons. The minimum Gasteiger partial charge on any atom is -0.480 e. The van der Waals surface area contributed by atoms with E-state index in [2.05, 4.69) is 5.32 Å². The van der Waals surface area contributed by atoms with Gasteiger partial charge in [0.15, 0.2) is 0 Å². The van der Waals surface area contributed by atoms with Crippen LogP contribution in [0.3, 0.4) is 0 Å².